The van der Waals surface area contributed by atoms with Crippen LogP contribution in [0.3, 0.4) is 0 Å². The molecule has 0 spiro atoms. The number of hydrogen-bond donors (Lipinski definition) is 1. The van der Waals surface area contributed by atoms with Gasteiger partial charge in [-0.05, 0) is 24.1 Å². The van der Waals surface area contributed by atoms with Gasteiger partial charge in [-0.1, -0.05) is 0 Å². The third-order valence-electron chi connectivity index (χ3n) is 2.03. The van der Waals surface area contributed by atoms with Gasteiger partial charge in [-0.2, -0.15) is 0 Å². The van der Waals surface area contributed by atoms with Gasteiger partial charge in [-0.15, -0.1) is 5.10 Å². The average molecular weight is 189 g/mol. The van der Waals surface area contributed by atoms with Crippen molar-refractivity contribution in [1.82, 2.24) is 19.7 Å². The lowest BCUT2D eigenvalue weighted by Crippen LogP contribution is -2.03. The number of rotatable bonds is 2. The van der Waals surface area contributed by atoms with Gasteiger partial charge >= 0.3 is 0 Å². The summed E-state index contributed by atoms with van der Waals surface area (Å²) in [6, 6.07) is 1.97. The Labute approximate surface area is 81.6 Å². The third-order valence-corrected chi connectivity index (χ3v) is 2.03. The van der Waals surface area contributed by atoms with E-state index in [0.717, 1.165) is 5.56 Å². The molecule has 0 saturated heterocycles. The highest BCUT2D eigenvalue weighted by Crippen LogP contribution is 2.06. The summed E-state index contributed by atoms with van der Waals surface area (Å²) in [6.45, 7) is 2.70. The second-order valence-electron chi connectivity index (χ2n) is 3.10. The molecular formula is C9H11N5. The van der Waals surface area contributed by atoms with Crippen LogP contribution in [-0.2, 0) is 6.54 Å². The van der Waals surface area contributed by atoms with Crippen molar-refractivity contribution >= 4 is 5.95 Å². The number of nitrogens with zero attached hydrogens (tertiary/aromatic N) is 4. The maximum Gasteiger partial charge on any atom is 0.239 e. The Morgan fingerprint density at radius 2 is 2.36 bits per heavy atom. The van der Waals surface area contributed by atoms with Gasteiger partial charge in [0, 0.05) is 12.4 Å². The number of hydrogen-bond acceptors (Lipinski definition) is 4. The Morgan fingerprint density at radius 1 is 1.50 bits per heavy atom. The molecule has 72 valence electrons. The molecule has 0 fully saturated rings. The maximum absolute atomic E-state index is 5.41. The van der Waals surface area contributed by atoms with E-state index in [1.165, 1.54) is 5.56 Å². The van der Waals surface area contributed by atoms with Crippen LogP contribution < -0.4 is 5.73 Å². The molecule has 2 rings (SSSR count). The van der Waals surface area contributed by atoms with E-state index in [-0.39, 0.29) is 0 Å². The topological polar surface area (TPSA) is 69.6 Å². The molecule has 5 nitrogen and oxygen atoms in total. The molecular weight excluding hydrogens is 178 g/mol. The summed E-state index contributed by atoms with van der Waals surface area (Å²) < 4.78 is 1.69. The Bertz CT molecular complexity index is 434. The number of nitrogens with two attached hydrogens (primary N) is 1. The minimum absolute atomic E-state index is 0.298. The van der Waals surface area contributed by atoms with Crippen molar-refractivity contribution in [2.45, 2.75) is 13.5 Å². The first-order valence-corrected chi connectivity index (χ1v) is 4.30. The van der Waals surface area contributed by atoms with E-state index in [1.807, 2.05) is 19.2 Å². The fourth-order valence-corrected chi connectivity index (χ4v) is 1.22. The van der Waals surface area contributed by atoms with E-state index in [2.05, 4.69) is 15.1 Å². The minimum atomic E-state index is 0.298. The van der Waals surface area contributed by atoms with Crippen molar-refractivity contribution in [2.75, 3.05) is 5.73 Å². The molecule has 2 heterocycles. The van der Waals surface area contributed by atoms with Crippen LogP contribution in [0.15, 0.2) is 24.8 Å². The van der Waals surface area contributed by atoms with Gasteiger partial charge in [-0.25, -0.2) is 9.67 Å². The van der Waals surface area contributed by atoms with Gasteiger partial charge in [0.05, 0.1) is 6.54 Å². The SMILES string of the molecule is Cc1ccncc1Cn1cnc(N)n1. The van der Waals surface area contributed by atoms with Crippen LogP contribution in [0.4, 0.5) is 5.95 Å². The highest BCUT2D eigenvalue weighted by Gasteiger charge is 2.00. The monoisotopic (exact) mass is 189 g/mol. The standard InChI is InChI=1S/C9H11N5/c1-7-2-3-11-4-8(7)5-14-6-12-9(10)13-14/h2-4,6H,5H2,1H3,(H2,10,13). The second-order valence-corrected chi connectivity index (χ2v) is 3.10. The van der Waals surface area contributed by atoms with Crippen LogP contribution in [0.2, 0.25) is 0 Å². The molecule has 2 N–H and O–H groups in total. The predicted molar refractivity (Wildman–Crippen MR) is 52.5 cm³/mol. The van der Waals surface area contributed by atoms with Gasteiger partial charge in [-0.3, -0.25) is 4.98 Å². The smallest absolute Gasteiger partial charge is 0.239 e. The van der Waals surface area contributed by atoms with Crippen LogP contribution >= 0.6 is 0 Å². The quantitative estimate of drug-likeness (QED) is 0.751. The number of anilines is 1. The second kappa shape index (κ2) is 3.45. The number of aryl methyl sites for hydroxylation is 1. The Balaban J connectivity index is 2.23. The maximum atomic E-state index is 5.41. The van der Waals surface area contributed by atoms with Crippen molar-refractivity contribution in [3.05, 3.63) is 35.9 Å². The first kappa shape index (κ1) is 8.68. The molecule has 0 saturated carbocycles. The summed E-state index contributed by atoms with van der Waals surface area (Å²) in [6.07, 6.45) is 5.21. The van der Waals surface area contributed by atoms with Crippen LogP contribution in [0.25, 0.3) is 0 Å². The molecule has 0 aliphatic heterocycles. The van der Waals surface area contributed by atoms with E-state index < -0.39 is 0 Å². The third kappa shape index (κ3) is 1.71. The highest BCUT2D eigenvalue weighted by atomic mass is 15.4. The summed E-state index contributed by atoms with van der Waals surface area (Å²) in [5, 5.41) is 4.00. The molecule has 2 aromatic rings. The number of nitrogen functional groups attached to an aromatic ring is 1. The summed E-state index contributed by atoms with van der Waals surface area (Å²) in [7, 11) is 0. The molecule has 0 aliphatic carbocycles. The van der Waals surface area contributed by atoms with E-state index >= 15 is 0 Å². The normalized spacial score (nSPS) is 10.4. The molecule has 0 amide bonds. The van der Waals surface area contributed by atoms with E-state index in [4.69, 9.17) is 5.73 Å². The molecule has 0 radical (unpaired) electrons. The zero-order valence-electron chi connectivity index (χ0n) is 7.88. The van der Waals surface area contributed by atoms with Crippen LogP contribution in [0, 0.1) is 6.92 Å². The Kier molecular flexibility index (Phi) is 2.14. The molecule has 2 aromatic heterocycles. The van der Waals surface area contributed by atoms with Gasteiger partial charge in [0.25, 0.3) is 0 Å². The van der Waals surface area contributed by atoms with Crippen LogP contribution in [0.1, 0.15) is 11.1 Å². The van der Waals surface area contributed by atoms with Crippen molar-refractivity contribution < 1.29 is 0 Å². The van der Waals surface area contributed by atoms with Crippen molar-refractivity contribution in [3.8, 4) is 0 Å². The van der Waals surface area contributed by atoms with Crippen molar-refractivity contribution in [1.29, 1.82) is 0 Å². The molecule has 0 atom stereocenters. The fourth-order valence-electron chi connectivity index (χ4n) is 1.22. The van der Waals surface area contributed by atoms with E-state index in [0.29, 0.717) is 12.5 Å². The van der Waals surface area contributed by atoms with Crippen molar-refractivity contribution in [3.63, 3.8) is 0 Å². The predicted octanol–water partition coefficient (Wildman–Crippen LogP) is 0.612. The van der Waals surface area contributed by atoms with Gasteiger partial charge in [0.2, 0.25) is 5.95 Å². The van der Waals surface area contributed by atoms with E-state index in [1.54, 1.807) is 17.2 Å². The summed E-state index contributed by atoms with van der Waals surface area (Å²) in [4.78, 5) is 7.91. The molecule has 0 aliphatic rings. The zero-order valence-corrected chi connectivity index (χ0v) is 7.88. The molecule has 0 aromatic carbocycles. The molecule has 14 heavy (non-hydrogen) atoms. The minimum Gasteiger partial charge on any atom is -0.367 e. The summed E-state index contributed by atoms with van der Waals surface area (Å²) in [5.74, 6) is 0.298. The van der Waals surface area contributed by atoms with Gasteiger partial charge in [0.1, 0.15) is 6.33 Å². The lowest BCUT2D eigenvalue weighted by molar-refractivity contribution is 0.682. The first-order chi connectivity index (χ1) is 6.75. The largest absolute Gasteiger partial charge is 0.367 e. The molecule has 0 bridgehead atoms. The zero-order chi connectivity index (χ0) is 9.97. The fraction of sp³-hybridized carbons (Fsp3) is 0.222. The molecule has 5 heteroatoms. The van der Waals surface area contributed by atoms with E-state index in [9.17, 15) is 0 Å². The van der Waals surface area contributed by atoms with Gasteiger partial charge < -0.3 is 5.73 Å². The lowest BCUT2D eigenvalue weighted by atomic mass is 10.2. The average Bonchev–Trinajstić information content (AvgIpc) is 2.56. The van der Waals surface area contributed by atoms with Crippen LogP contribution in [0.5, 0.6) is 0 Å². The highest BCUT2D eigenvalue weighted by molar-refractivity contribution is 5.21. The van der Waals surface area contributed by atoms with Crippen LogP contribution in [-0.4, -0.2) is 19.7 Å². The van der Waals surface area contributed by atoms with Crippen molar-refractivity contribution in [2.24, 2.45) is 0 Å². The lowest BCUT2D eigenvalue weighted by Gasteiger charge is -2.03. The van der Waals surface area contributed by atoms with Gasteiger partial charge in [0.15, 0.2) is 0 Å². The molecule has 0 unspecified atom stereocenters. The number of aromatic nitrogens is 4. The number of pyridine rings is 1. The summed E-state index contributed by atoms with van der Waals surface area (Å²) in [5.41, 5.74) is 7.72. The first-order valence-electron chi connectivity index (χ1n) is 4.30. The Hall–Kier alpha value is -1.91. The summed E-state index contributed by atoms with van der Waals surface area (Å²) >= 11 is 0. The Morgan fingerprint density at radius 3 is 3.00 bits per heavy atom.